The molecule has 0 amide bonds. The number of hydrogen-bond acceptors (Lipinski definition) is 2. The van der Waals surface area contributed by atoms with E-state index in [0.717, 1.165) is 16.5 Å². The quantitative estimate of drug-likeness (QED) is 0.752. The summed E-state index contributed by atoms with van der Waals surface area (Å²) in [6.07, 6.45) is 1.59. The van der Waals surface area contributed by atoms with Crippen molar-refractivity contribution >= 4 is 22.8 Å². The van der Waals surface area contributed by atoms with Gasteiger partial charge in [-0.15, -0.1) is 0 Å². The lowest BCUT2D eigenvalue weighted by Crippen LogP contribution is -2.20. The minimum atomic E-state index is -1.10. The number of H-pyrrole nitrogens is 1. The van der Waals surface area contributed by atoms with Crippen molar-refractivity contribution in [2.24, 2.45) is 5.92 Å². The molecule has 0 aliphatic heterocycles. The third-order valence-electron chi connectivity index (χ3n) is 2.91. The van der Waals surface area contributed by atoms with Crippen LogP contribution in [0, 0.1) is 5.92 Å². The maximum absolute atomic E-state index is 11.0. The van der Waals surface area contributed by atoms with Crippen LogP contribution in [0.1, 0.15) is 12.0 Å². The van der Waals surface area contributed by atoms with E-state index in [1.54, 1.807) is 6.20 Å². The molecule has 18 heavy (non-hydrogen) atoms. The first kappa shape index (κ1) is 12.2. The summed E-state index contributed by atoms with van der Waals surface area (Å²) in [5.74, 6) is -3.08. The molecular weight excluding hydrogens is 234 g/mol. The summed E-state index contributed by atoms with van der Waals surface area (Å²) < 4.78 is 0. The predicted molar refractivity (Wildman–Crippen MR) is 65.4 cm³/mol. The molecule has 0 fully saturated rings. The fraction of sp³-hybridized carbons (Fsp3) is 0.231. The maximum atomic E-state index is 11.0. The van der Waals surface area contributed by atoms with E-state index in [1.165, 1.54) is 0 Å². The zero-order valence-corrected chi connectivity index (χ0v) is 9.59. The Bertz CT molecular complexity index is 587. The number of carboxylic acids is 2. The van der Waals surface area contributed by atoms with Gasteiger partial charge in [-0.3, -0.25) is 9.59 Å². The number of benzene rings is 1. The molecule has 0 radical (unpaired) electrons. The Kier molecular flexibility index (Phi) is 3.32. The Balaban J connectivity index is 2.26. The van der Waals surface area contributed by atoms with Crippen LogP contribution in [-0.4, -0.2) is 27.1 Å². The summed E-state index contributed by atoms with van der Waals surface area (Å²) in [4.78, 5) is 24.7. The second-order valence-corrected chi connectivity index (χ2v) is 4.20. The normalized spacial score (nSPS) is 12.4. The Labute approximate surface area is 103 Å². The first-order chi connectivity index (χ1) is 8.58. The SMILES string of the molecule is O=C(O)C[C@@H](Cc1c[nH]c2ccccc12)C(=O)O. The maximum Gasteiger partial charge on any atom is 0.307 e. The molecule has 0 aliphatic rings. The predicted octanol–water partition coefficient (Wildman–Crippen LogP) is 1.89. The molecule has 94 valence electrons. The fourth-order valence-corrected chi connectivity index (χ4v) is 2.02. The van der Waals surface area contributed by atoms with Crippen molar-refractivity contribution in [3.63, 3.8) is 0 Å². The third-order valence-corrected chi connectivity index (χ3v) is 2.91. The lowest BCUT2D eigenvalue weighted by atomic mass is 9.96. The Morgan fingerprint density at radius 3 is 2.61 bits per heavy atom. The highest BCUT2D eigenvalue weighted by Crippen LogP contribution is 2.22. The molecule has 0 saturated heterocycles. The van der Waals surface area contributed by atoms with E-state index >= 15 is 0 Å². The van der Waals surface area contributed by atoms with E-state index < -0.39 is 17.9 Å². The van der Waals surface area contributed by atoms with Crippen molar-refractivity contribution in [1.29, 1.82) is 0 Å². The van der Waals surface area contributed by atoms with Crippen molar-refractivity contribution in [1.82, 2.24) is 4.98 Å². The van der Waals surface area contributed by atoms with Gasteiger partial charge in [0.15, 0.2) is 0 Å². The molecule has 1 aromatic carbocycles. The first-order valence-corrected chi connectivity index (χ1v) is 5.57. The van der Waals surface area contributed by atoms with Crippen LogP contribution in [0.2, 0.25) is 0 Å². The molecular formula is C13H13NO4. The molecule has 2 rings (SSSR count). The van der Waals surface area contributed by atoms with Crippen LogP contribution in [0.5, 0.6) is 0 Å². The molecule has 1 heterocycles. The number of carbonyl (C=O) groups is 2. The van der Waals surface area contributed by atoms with E-state index in [-0.39, 0.29) is 12.8 Å². The van der Waals surface area contributed by atoms with Gasteiger partial charge in [-0.2, -0.15) is 0 Å². The fourth-order valence-electron chi connectivity index (χ4n) is 2.02. The van der Waals surface area contributed by atoms with Gasteiger partial charge in [0.05, 0.1) is 12.3 Å². The van der Waals surface area contributed by atoms with Gasteiger partial charge in [0.2, 0.25) is 0 Å². The Morgan fingerprint density at radius 1 is 1.22 bits per heavy atom. The van der Waals surface area contributed by atoms with Gasteiger partial charge in [-0.05, 0) is 18.1 Å². The number of hydrogen-bond donors (Lipinski definition) is 3. The average molecular weight is 247 g/mol. The number of carboxylic acid groups (broad SMARTS) is 2. The van der Waals surface area contributed by atoms with Crippen LogP contribution >= 0.6 is 0 Å². The average Bonchev–Trinajstić information content (AvgIpc) is 2.71. The number of nitrogens with one attached hydrogen (secondary N) is 1. The Hall–Kier alpha value is -2.30. The van der Waals surface area contributed by atoms with Gasteiger partial charge in [0.25, 0.3) is 0 Å². The summed E-state index contributed by atoms with van der Waals surface area (Å²) in [5, 5.41) is 18.7. The topological polar surface area (TPSA) is 90.4 Å². The van der Waals surface area contributed by atoms with Crippen molar-refractivity contribution in [2.75, 3.05) is 0 Å². The van der Waals surface area contributed by atoms with Crippen LogP contribution in [0.3, 0.4) is 0 Å². The molecule has 0 aliphatic carbocycles. The number of aliphatic carboxylic acids is 2. The number of para-hydroxylation sites is 1. The Morgan fingerprint density at radius 2 is 1.94 bits per heavy atom. The summed E-state index contributed by atoms with van der Waals surface area (Å²) in [5.41, 5.74) is 1.76. The number of aromatic amines is 1. The highest BCUT2D eigenvalue weighted by Gasteiger charge is 2.22. The molecule has 3 N–H and O–H groups in total. The minimum absolute atomic E-state index is 0.214. The molecule has 1 aromatic heterocycles. The smallest absolute Gasteiger partial charge is 0.307 e. The second-order valence-electron chi connectivity index (χ2n) is 4.20. The molecule has 0 unspecified atom stereocenters. The van der Waals surface area contributed by atoms with Crippen molar-refractivity contribution in [3.05, 3.63) is 36.0 Å². The molecule has 0 spiro atoms. The van der Waals surface area contributed by atoms with Crippen molar-refractivity contribution in [3.8, 4) is 0 Å². The van der Waals surface area contributed by atoms with Gasteiger partial charge in [-0.25, -0.2) is 0 Å². The van der Waals surface area contributed by atoms with E-state index in [9.17, 15) is 9.59 Å². The molecule has 2 aromatic rings. The molecule has 0 saturated carbocycles. The van der Waals surface area contributed by atoms with E-state index in [2.05, 4.69) is 4.98 Å². The van der Waals surface area contributed by atoms with E-state index in [4.69, 9.17) is 10.2 Å². The van der Waals surface area contributed by atoms with Crippen LogP contribution in [0.25, 0.3) is 10.9 Å². The summed E-state index contributed by atoms with van der Waals surface area (Å²) >= 11 is 0. The number of aromatic nitrogens is 1. The molecule has 1 atom stereocenters. The number of fused-ring (bicyclic) bond motifs is 1. The van der Waals surface area contributed by atoms with E-state index in [1.807, 2.05) is 24.3 Å². The number of rotatable bonds is 5. The first-order valence-electron chi connectivity index (χ1n) is 5.57. The van der Waals surface area contributed by atoms with Gasteiger partial charge < -0.3 is 15.2 Å². The van der Waals surface area contributed by atoms with Crippen molar-refractivity contribution < 1.29 is 19.8 Å². The molecule has 0 bridgehead atoms. The van der Waals surface area contributed by atoms with Crippen molar-refractivity contribution in [2.45, 2.75) is 12.8 Å². The van der Waals surface area contributed by atoms with Crippen LogP contribution in [-0.2, 0) is 16.0 Å². The van der Waals surface area contributed by atoms with Crippen LogP contribution in [0.15, 0.2) is 30.5 Å². The van der Waals surface area contributed by atoms with Gasteiger partial charge in [0, 0.05) is 17.1 Å². The van der Waals surface area contributed by atoms with Gasteiger partial charge >= 0.3 is 11.9 Å². The molecule has 5 nitrogen and oxygen atoms in total. The zero-order valence-electron chi connectivity index (χ0n) is 9.59. The van der Waals surface area contributed by atoms with Crippen LogP contribution in [0.4, 0.5) is 0 Å². The van der Waals surface area contributed by atoms with E-state index in [0.29, 0.717) is 0 Å². The molecule has 5 heteroatoms. The summed E-state index contributed by atoms with van der Waals surface area (Å²) in [7, 11) is 0. The minimum Gasteiger partial charge on any atom is -0.481 e. The third kappa shape index (κ3) is 2.51. The lowest BCUT2D eigenvalue weighted by molar-refractivity contribution is -0.148. The standard InChI is InChI=1S/C13H13NO4/c15-12(16)6-8(13(17)18)5-9-7-14-11-4-2-1-3-10(9)11/h1-4,7-8,14H,5-6H2,(H,15,16)(H,17,18)/t8-/m1/s1. The summed E-state index contributed by atoms with van der Waals surface area (Å²) in [6, 6.07) is 7.54. The summed E-state index contributed by atoms with van der Waals surface area (Å²) in [6.45, 7) is 0. The largest absolute Gasteiger partial charge is 0.481 e. The van der Waals surface area contributed by atoms with Gasteiger partial charge in [0.1, 0.15) is 0 Å². The monoisotopic (exact) mass is 247 g/mol. The highest BCUT2D eigenvalue weighted by molar-refractivity contribution is 5.84. The highest BCUT2D eigenvalue weighted by atomic mass is 16.4. The second kappa shape index (κ2) is 4.91. The zero-order chi connectivity index (χ0) is 13.1. The van der Waals surface area contributed by atoms with Crippen LogP contribution < -0.4 is 0 Å². The van der Waals surface area contributed by atoms with Gasteiger partial charge in [-0.1, -0.05) is 18.2 Å². The lowest BCUT2D eigenvalue weighted by Gasteiger charge is -2.08.